The van der Waals surface area contributed by atoms with E-state index in [2.05, 4.69) is 4.73 Å². The molecule has 0 spiro atoms. The van der Waals surface area contributed by atoms with E-state index in [1.54, 1.807) is 0 Å². The fourth-order valence-electron chi connectivity index (χ4n) is 0.624. The van der Waals surface area contributed by atoms with Gasteiger partial charge in [0.2, 0.25) is 0 Å². The van der Waals surface area contributed by atoms with Crippen LogP contribution in [-0.2, 0) is 9.29 Å². The van der Waals surface area contributed by atoms with Gasteiger partial charge in [-0.1, -0.05) is 19.6 Å². The van der Waals surface area contributed by atoms with Gasteiger partial charge in [0.05, 0.1) is 8.07 Å². The molecule has 0 aliphatic rings. The average molecular weight is 186 g/mol. The Morgan fingerprint density at radius 2 is 2.00 bits per heavy atom. The highest BCUT2D eigenvalue weighted by molar-refractivity contribution is 7.55. The number of halogens is 1. The van der Waals surface area contributed by atoms with Crippen LogP contribution >= 0.6 is 7.60 Å². The largest absolute Gasteiger partial charge is 0.358 e. The summed E-state index contributed by atoms with van der Waals surface area (Å²) in [5, 5.41) is 0. The molecule has 0 bridgehead atoms. The average Bonchev–Trinajstić information content (AvgIpc) is 1.60. The van der Waals surface area contributed by atoms with Gasteiger partial charge in [-0.15, -0.1) is 4.73 Å². The summed E-state index contributed by atoms with van der Waals surface area (Å²) < 4.78 is 24.9. The maximum absolute atomic E-state index is 11.3. The van der Waals surface area contributed by atoms with Crippen LogP contribution in [0, 0.1) is 0 Å². The first-order valence-corrected chi connectivity index (χ1v) is 8.36. The molecule has 0 saturated carbocycles. The first kappa shape index (κ1) is 10.3. The molecular weight excluding hydrogens is 174 g/mol. The van der Waals surface area contributed by atoms with E-state index in [-0.39, 0.29) is 5.79 Å². The fourth-order valence-corrected chi connectivity index (χ4v) is 5.61. The van der Waals surface area contributed by atoms with Gasteiger partial charge in [-0.05, 0) is 4.53 Å². The minimum atomic E-state index is -3.90. The Hall–Kier alpha value is 0.297. The van der Waals surface area contributed by atoms with Crippen LogP contribution in [0.15, 0.2) is 0 Å². The summed E-state index contributed by atoms with van der Waals surface area (Å²) in [7, 11) is -5.59. The Balaban J connectivity index is 4.03. The van der Waals surface area contributed by atoms with Crippen LogP contribution in [0.2, 0.25) is 19.6 Å². The second-order valence-corrected chi connectivity index (χ2v) is 11.2. The molecule has 1 atom stereocenters. The van der Waals surface area contributed by atoms with Gasteiger partial charge in [0.25, 0.3) is 0 Å². The standard InChI is InChI=1S/C4H12FO3PSi/c1-10(2,3)4-9(6,7)8-5/h4H2,1-3H3,(H,6,7). The molecule has 0 fully saturated rings. The van der Waals surface area contributed by atoms with E-state index in [0.717, 1.165) is 0 Å². The lowest BCUT2D eigenvalue weighted by Gasteiger charge is -2.16. The van der Waals surface area contributed by atoms with Crippen molar-refractivity contribution in [3.05, 3.63) is 0 Å². The van der Waals surface area contributed by atoms with Crippen LogP contribution in [0.5, 0.6) is 0 Å². The number of hydrogen-bond donors (Lipinski definition) is 1. The van der Waals surface area contributed by atoms with Gasteiger partial charge >= 0.3 is 7.60 Å². The van der Waals surface area contributed by atoms with Crippen molar-refractivity contribution < 1.29 is 18.7 Å². The Morgan fingerprint density at radius 3 is 2.10 bits per heavy atom. The molecule has 0 aromatic rings. The lowest BCUT2D eigenvalue weighted by atomic mass is 11.8. The molecule has 1 unspecified atom stereocenters. The summed E-state index contributed by atoms with van der Waals surface area (Å²) in [6.07, 6.45) is 0. The van der Waals surface area contributed by atoms with Crippen molar-refractivity contribution in [2.45, 2.75) is 19.6 Å². The van der Waals surface area contributed by atoms with Crippen LogP contribution in [0.3, 0.4) is 0 Å². The third kappa shape index (κ3) is 5.11. The van der Waals surface area contributed by atoms with E-state index in [0.29, 0.717) is 0 Å². The first-order valence-electron chi connectivity index (χ1n) is 2.89. The van der Waals surface area contributed by atoms with Crippen molar-refractivity contribution >= 4 is 15.7 Å². The molecule has 0 amide bonds. The second-order valence-electron chi connectivity index (χ2n) is 3.43. The zero-order valence-electron chi connectivity index (χ0n) is 6.30. The molecule has 0 saturated heterocycles. The van der Waals surface area contributed by atoms with Crippen LogP contribution in [0.4, 0.5) is 4.53 Å². The van der Waals surface area contributed by atoms with Gasteiger partial charge in [0.15, 0.2) is 0 Å². The predicted octanol–water partition coefficient (Wildman–Crippen LogP) is 1.95. The molecule has 10 heavy (non-hydrogen) atoms. The molecule has 0 aliphatic heterocycles. The fraction of sp³-hybridized carbons (Fsp3) is 1.00. The molecule has 62 valence electrons. The molecule has 0 aliphatic carbocycles. The number of hydrogen-bond acceptors (Lipinski definition) is 2. The van der Waals surface area contributed by atoms with Gasteiger partial charge in [0, 0.05) is 5.79 Å². The normalized spacial score (nSPS) is 18.5. The predicted molar refractivity (Wildman–Crippen MR) is 40.2 cm³/mol. The van der Waals surface area contributed by atoms with Gasteiger partial charge in [0.1, 0.15) is 0 Å². The van der Waals surface area contributed by atoms with E-state index in [1.165, 1.54) is 0 Å². The Labute approximate surface area is 60.7 Å². The number of rotatable bonds is 3. The molecule has 0 heterocycles. The van der Waals surface area contributed by atoms with Crippen LogP contribution in [-0.4, -0.2) is 18.8 Å². The van der Waals surface area contributed by atoms with E-state index >= 15 is 0 Å². The van der Waals surface area contributed by atoms with Crippen molar-refractivity contribution in [1.82, 2.24) is 0 Å². The molecular formula is C4H12FO3PSi. The van der Waals surface area contributed by atoms with Gasteiger partial charge in [-0.3, -0.25) is 4.57 Å². The summed E-state index contributed by atoms with van der Waals surface area (Å²) in [6.45, 7) is 5.61. The maximum atomic E-state index is 11.3. The Bertz CT molecular complexity index is 155. The minimum Gasteiger partial charge on any atom is -0.323 e. The van der Waals surface area contributed by atoms with Gasteiger partial charge < -0.3 is 4.89 Å². The van der Waals surface area contributed by atoms with Crippen molar-refractivity contribution in [3.8, 4) is 0 Å². The summed E-state index contributed by atoms with van der Waals surface area (Å²) >= 11 is 0. The highest BCUT2D eigenvalue weighted by Crippen LogP contribution is 2.44. The summed E-state index contributed by atoms with van der Waals surface area (Å²) in [6, 6.07) is 0. The topological polar surface area (TPSA) is 46.5 Å². The Morgan fingerprint density at radius 1 is 1.60 bits per heavy atom. The lowest BCUT2D eigenvalue weighted by molar-refractivity contribution is -0.0177. The van der Waals surface area contributed by atoms with E-state index in [9.17, 15) is 9.09 Å². The maximum Gasteiger partial charge on any atom is 0.358 e. The van der Waals surface area contributed by atoms with Crippen LogP contribution in [0.1, 0.15) is 0 Å². The van der Waals surface area contributed by atoms with E-state index in [4.69, 9.17) is 4.89 Å². The van der Waals surface area contributed by atoms with Gasteiger partial charge in [-0.2, -0.15) is 0 Å². The summed E-state index contributed by atoms with van der Waals surface area (Å²) in [4.78, 5) is 8.65. The summed E-state index contributed by atoms with van der Waals surface area (Å²) in [5.74, 6) is -0.0312. The highest BCUT2D eigenvalue weighted by atomic mass is 31.2. The lowest BCUT2D eigenvalue weighted by Crippen LogP contribution is -2.26. The monoisotopic (exact) mass is 186 g/mol. The molecule has 1 N–H and O–H groups in total. The molecule has 0 radical (unpaired) electrons. The zero-order chi connectivity index (χ0) is 8.41. The van der Waals surface area contributed by atoms with Crippen molar-refractivity contribution in [1.29, 1.82) is 0 Å². The smallest absolute Gasteiger partial charge is 0.323 e. The van der Waals surface area contributed by atoms with Gasteiger partial charge in [-0.25, -0.2) is 0 Å². The summed E-state index contributed by atoms with van der Waals surface area (Å²) in [5.41, 5.74) is 0. The molecule has 0 aromatic carbocycles. The molecule has 6 heteroatoms. The quantitative estimate of drug-likeness (QED) is 0.541. The molecule has 0 rings (SSSR count). The molecule has 3 nitrogen and oxygen atoms in total. The van der Waals surface area contributed by atoms with E-state index < -0.39 is 15.7 Å². The van der Waals surface area contributed by atoms with Crippen molar-refractivity contribution in [3.63, 3.8) is 0 Å². The van der Waals surface area contributed by atoms with Crippen molar-refractivity contribution in [2.75, 3.05) is 5.79 Å². The van der Waals surface area contributed by atoms with E-state index in [1.807, 2.05) is 19.6 Å². The van der Waals surface area contributed by atoms with Crippen LogP contribution in [0.25, 0.3) is 0 Å². The minimum absolute atomic E-state index is 0.0312. The van der Waals surface area contributed by atoms with Crippen molar-refractivity contribution in [2.24, 2.45) is 0 Å². The van der Waals surface area contributed by atoms with Crippen LogP contribution < -0.4 is 0 Å². The Kier molecular flexibility index (Phi) is 3.22. The first-order chi connectivity index (χ1) is 4.27. The third-order valence-electron chi connectivity index (χ3n) is 0.782. The SMILES string of the molecule is C[Si](C)(C)CP(=O)(O)OF. The molecule has 0 aromatic heterocycles. The second kappa shape index (κ2) is 3.13. The third-order valence-corrected chi connectivity index (χ3v) is 6.39. The highest BCUT2D eigenvalue weighted by Gasteiger charge is 2.29. The zero-order valence-corrected chi connectivity index (χ0v) is 8.19.